The molecule has 4 rings (SSSR count). The lowest BCUT2D eigenvalue weighted by Crippen LogP contribution is -2.17. The highest BCUT2D eigenvalue weighted by Gasteiger charge is 2.25. The van der Waals surface area contributed by atoms with Crippen LogP contribution in [0.15, 0.2) is 77.7 Å². The average molecular weight is 538 g/mol. The number of anilines is 1. The number of halogens is 1. The smallest absolute Gasteiger partial charge is 0.263 e. The van der Waals surface area contributed by atoms with E-state index in [9.17, 15) is 12.8 Å². The predicted molar refractivity (Wildman–Crippen MR) is 147 cm³/mol. The van der Waals surface area contributed by atoms with Crippen LogP contribution in [0.3, 0.4) is 0 Å². The summed E-state index contributed by atoms with van der Waals surface area (Å²) in [5.74, 6) is 0.716. The Bertz CT molecular complexity index is 1490. The zero-order valence-electron chi connectivity index (χ0n) is 22.2. The fourth-order valence-corrected chi connectivity index (χ4v) is 4.95. The molecule has 3 aromatic carbocycles. The average Bonchev–Trinajstić information content (AvgIpc) is 3.17. The maximum absolute atomic E-state index is 13.4. The molecule has 0 fully saturated rings. The summed E-state index contributed by atoms with van der Waals surface area (Å²) in [6.07, 6.45) is 0. The highest BCUT2D eigenvalue weighted by molar-refractivity contribution is 7.92. The molecule has 7 nitrogen and oxygen atoms in total. The second-order valence-electron chi connectivity index (χ2n) is 10.0. The van der Waals surface area contributed by atoms with Crippen LogP contribution in [-0.2, 0) is 22.5 Å². The first-order chi connectivity index (χ1) is 17.9. The van der Waals surface area contributed by atoms with E-state index in [1.807, 2.05) is 43.3 Å². The van der Waals surface area contributed by atoms with Gasteiger partial charge in [-0.1, -0.05) is 62.7 Å². The highest BCUT2D eigenvalue weighted by Crippen LogP contribution is 2.38. The van der Waals surface area contributed by atoms with Crippen LogP contribution in [0.1, 0.15) is 31.9 Å². The van der Waals surface area contributed by atoms with Crippen molar-refractivity contribution in [2.24, 2.45) is 7.05 Å². The van der Waals surface area contributed by atoms with Crippen molar-refractivity contribution in [2.45, 2.75) is 38.0 Å². The molecule has 9 heteroatoms. The Labute approximate surface area is 223 Å². The van der Waals surface area contributed by atoms with Crippen molar-refractivity contribution >= 4 is 15.8 Å². The molecule has 1 N–H and O–H groups in total. The molecule has 0 unspecified atom stereocenters. The van der Waals surface area contributed by atoms with Gasteiger partial charge in [0, 0.05) is 7.05 Å². The lowest BCUT2D eigenvalue weighted by Gasteiger charge is -2.19. The summed E-state index contributed by atoms with van der Waals surface area (Å²) < 4.78 is 55.6. The van der Waals surface area contributed by atoms with Crippen LogP contribution in [0.2, 0.25) is 0 Å². The molecule has 1 aromatic heterocycles. The normalized spacial score (nSPS) is 11.8. The monoisotopic (exact) mass is 537 g/mol. The standard InChI is InChI=1S/C29H32FN3O4S/c1-20-6-8-21(9-7-20)26-27(32-38(34,35)25-16-10-22(11-17-25)29(2,3)4)33(5)31-28(26)37-19-18-36-24-14-12-23(30)13-15-24/h6-17,32H,18-19H2,1-5H3. The van der Waals surface area contributed by atoms with Gasteiger partial charge in [-0.15, -0.1) is 5.10 Å². The Morgan fingerprint density at radius 3 is 2.11 bits per heavy atom. The van der Waals surface area contributed by atoms with Crippen LogP contribution in [0.25, 0.3) is 11.1 Å². The molecule has 0 amide bonds. The van der Waals surface area contributed by atoms with Crippen molar-refractivity contribution in [2.75, 3.05) is 17.9 Å². The van der Waals surface area contributed by atoms with Crippen LogP contribution in [-0.4, -0.2) is 31.4 Å². The number of aryl methyl sites for hydroxylation is 2. The Morgan fingerprint density at radius 1 is 0.895 bits per heavy atom. The summed E-state index contributed by atoms with van der Waals surface area (Å²) in [5, 5.41) is 4.45. The molecule has 0 saturated carbocycles. The number of hydrogen-bond acceptors (Lipinski definition) is 5. The molecule has 0 aliphatic heterocycles. The van der Waals surface area contributed by atoms with Crippen LogP contribution in [0.5, 0.6) is 11.6 Å². The predicted octanol–water partition coefficient (Wildman–Crippen LogP) is 6.09. The van der Waals surface area contributed by atoms with Crippen molar-refractivity contribution in [3.63, 3.8) is 0 Å². The SMILES string of the molecule is Cc1ccc(-c2c(OCCOc3ccc(F)cc3)nn(C)c2NS(=O)(=O)c2ccc(C(C)(C)C)cc2)cc1. The summed E-state index contributed by atoms with van der Waals surface area (Å²) in [7, 11) is -2.26. The lowest BCUT2D eigenvalue weighted by molar-refractivity contribution is 0.211. The zero-order chi connectivity index (χ0) is 27.5. The van der Waals surface area contributed by atoms with E-state index in [0.29, 0.717) is 11.3 Å². The van der Waals surface area contributed by atoms with Crippen LogP contribution < -0.4 is 14.2 Å². The van der Waals surface area contributed by atoms with Crippen LogP contribution >= 0.6 is 0 Å². The first-order valence-corrected chi connectivity index (χ1v) is 13.7. The molecule has 0 radical (unpaired) electrons. The second kappa shape index (κ2) is 10.9. The number of aromatic nitrogens is 2. The molecule has 0 aliphatic carbocycles. The third-order valence-electron chi connectivity index (χ3n) is 6.02. The van der Waals surface area contributed by atoms with Gasteiger partial charge in [0.05, 0.1) is 10.5 Å². The number of hydrogen-bond donors (Lipinski definition) is 1. The third kappa shape index (κ3) is 6.34. The van der Waals surface area contributed by atoms with Gasteiger partial charge in [-0.3, -0.25) is 4.72 Å². The van der Waals surface area contributed by atoms with Crippen molar-refractivity contribution in [3.05, 3.63) is 89.7 Å². The van der Waals surface area contributed by atoms with Gasteiger partial charge in [-0.2, -0.15) is 0 Å². The van der Waals surface area contributed by atoms with Crippen molar-refractivity contribution in [1.29, 1.82) is 0 Å². The Hall–Kier alpha value is -3.85. The van der Waals surface area contributed by atoms with Gasteiger partial charge in [0.15, 0.2) is 0 Å². The number of nitrogens with zero attached hydrogens (tertiary/aromatic N) is 2. The molecule has 1 heterocycles. The molecule has 0 atom stereocenters. The van der Waals surface area contributed by atoms with Crippen LogP contribution in [0.4, 0.5) is 10.2 Å². The minimum absolute atomic E-state index is 0.0942. The summed E-state index contributed by atoms with van der Waals surface area (Å²) in [6, 6.07) is 20.2. The molecule has 0 spiro atoms. The first-order valence-electron chi connectivity index (χ1n) is 12.2. The number of benzene rings is 3. The van der Waals surface area contributed by atoms with Crippen molar-refractivity contribution < 1.29 is 22.3 Å². The molecule has 200 valence electrons. The Balaban J connectivity index is 1.60. The number of sulfonamides is 1. The Morgan fingerprint density at radius 2 is 1.50 bits per heavy atom. The van der Waals surface area contributed by atoms with Gasteiger partial charge in [0.1, 0.15) is 30.6 Å². The summed E-state index contributed by atoms with van der Waals surface area (Å²) in [6.45, 7) is 8.53. The first kappa shape index (κ1) is 27.2. The van der Waals surface area contributed by atoms with Gasteiger partial charge in [-0.05, 0) is 59.9 Å². The molecule has 0 bridgehead atoms. The Kier molecular flexibility index (Phi) is 7.78. The fourth-order valence-electron chi connectivity index (χ4n) is 3.85. The van der Waals surface area contributed by atoms with E-state index < -0.39 is 10.0 Å². The largest absolute Gasteiger partial charge is 0.490 e. The second-order valence-corrected chi connectivity index (χ2v) is 11.7. The summed E-state index contributed by atoms with van der Waals surface area (Å²) in [4.78, 5) is 0.150. The molecular weight excluding hydrogens is 505 g/mol. The quantitative estimate of drug-likeness (QED) is 0.261. The lowest BCUT2D eigenvalue weighted by atomic mass is 9.87. The third-order valence-corrected chi connectivity index (χ3v) is 7.38. The van der Waals surface area contributed by atoms with Crippen molar-refractivity contribution in [3.8, 4) is 22.8 Å². The molecular formula is C29H32FN3O4S. The van der Waals surface area contributed by atoms with E-state index in [4.69, 9.17) is 9.47 Å². The fraction of sp³-hybridized carbons (Fsp3) is 0.276. The zero-order valence-corrected chi connectivity index (χ0v) is 23.0. The maximum Gasteiger partial charge on any atom is 0.263 e. The number of nitrogens with one attached hydrogen (secondary N) is 1. The molecule has 38 heavy (non-hydrogen) atoms. The minimum atomic E-state index is -3.91. The van der Waals surface area contributed by atoms with E-state index in [1.54, 1.807) is 19.2 Å². The number of ether oxygens (including phenoxy) is 2. The molecule has 4 aromatic rings. The van der Waals surface area contributed by atoms with Gasteiger partial charge >= 0.3 is 0 Å². The van der Waals surface area contributed by atoms with E-state index in [-0.39, 0.29) is 41.0 Å². The minimum Gasteiger partial charge on any atom is -0.490 e. The van der Waals surface area contributed by atoms with Crippen molar-refractivity contribution in [1.82, 2.24) is 9.78 Å². The van der Waals surface area contributed by atoms with Crippen LogP contribution in [0, 0.1) is 12.7 Å². The number of rotatable bonds is 9. The summed E-state index contributed by atoms with van der Waals surface area (Å²) in [5.41, 5.74) is 3.27. The van der Waals surface area contributed by atoms with E-state index in [2.05, 4.69) is 30.6 Å². The van der Waals surface area contributed by atoms with E-state index in [1.165, 1.54) is 28.9 Å². The van der Waals surface area contributed by atoms with Gasteiger partial charge in [0.2, 0.25) is 5.88 Å². The topological polar surface area (TPSA) is 82.4 Å². The van der Waals surface area contributed by atoms with E-state index in [0.717, 1.165) is 16.7 Å². The molecule has 0 saturated heterocycles. The van der Waals surface area contributed by atoms with Gasteiger partial charge < -0.3 is 9.47 Å². The molecule has 0 aliphatic rings. The maximum atomic E-state index is 13.4. The van der Waals surface area contributed by atoms with E-state index >= 15 is 0 Å². The van der Waals surface area contributed by atoms with Gasteiger partial charge in [-0.25, -0.2) is 17.5 Å². The summed E-state index contributed by atoms with van der Waals surface area (Å²) >= 11 is 0. The van der Waals surface area contributed by atoms with Gasteiger partial charge in [0.25, 0.3) is 10.0 Å². The highest BCUT2D eigenvalue weighted by atomic mass is 32.2.